The Hall–Kier alpha value is -0.900. The molecular weight excluding hydrogens is 190 g/mol. The van der Waals surface area contributed by atoms with Crippen molar-refractivity contribution in [3.8, 4) is 0 Å². The van der Waals surface area contributed by atoms with Crippen molar-refractivity contribution >= 4 is 0 Å². The zero-order chi connectivity index (χ0) is 10.7. The van der Waals surface area contributed by atoms with Gasteiger partial charge in [0, 0.05) is 5.56 Å². The fourth-order valence-corrected chi connectivity index (χ4v) is 1.68. The molecule has 0 bridgehead atoms. The molecule has 1 heterocycles. The van der Waals surface area contributed by atoms with Crippen LogP contribution in [-0.2, 0) is 9.47 Å². The lowest BCUT2D eigenvalue weighted by molar-refractivity contribution is -0.193. The summed E-state index contributed by atoms with van der Waals surface area (Å²) in [5.74, 6) is 0. The van der Waals surface area contributed by atoms with Crippen LogP contribution in [0.15, 0.2) is 24.3 Å². The van der Waals surface area contributed by atoms with E-state index in [2.05, 4.69) is 24.4 Å². The number of ether oxygens (including phenoxy) is 2. The Bertz CT molecular complexity index is 319. The van der Waals surface area contributed by atoms with Crippen molar-refractivity contribution in [1.82, 2.24) is 5.32 Å². The van der Waals surface area contributed by atoms with Crippen molar-refractivity contribution in [2.75, 3.05) is 20.3 Å². The second-order valence-electron chi connectivity index (χ2n) is 3.90. The normalized spacial score (nSPS) is 26.5. The first-order chi connectivity index (χ1) is 7.29. The quantitative estimate of drug-likeness (QED) is 0.799. The second-order valence-corrected chi connectivity index (χ2v) is 3.90. The molecule has 0 spiro atoms. The highest BCUT2D eigenvalue weighted by atomic mass is 16.7. The van der Waals surface area contributed by atoms with E-state index in [0.29, 0.717) is 19.3 Å². The van der Waals surface area contributed by atoms with Crippen molar-refractivity contribution in [2.24, 2.45) is 0 Å². The van der Waals surface area contributed by atoms with Gasteiger partial charge in [0.25, 0.3) is 0 Å². The van der Waals surface area contributed by atoms with Crippen LogP contribution in [0.2, 0.25) is 0 Å². The minimum Gasteiger partial charge on any atom is -0.347 e. The Morgan fingerprint density at radius 2 is 2.00 bits per heavy atom. The SMILES string of the molecule is CNC1COC(c2cccc(C)c2)OC1. The Kier molecular flexibility index (Phi) is 3.36. The van der Waals surface area contributed by atoms with Crippen molar-refractivity contribution in [2.45, 2.75) is 19.3 Å². The van der Waals surface area contributed by atoms with E-state index >= 15 is 0 Å². The minimum atomic E-state index is -0.200. The summed E-state index contributed by atoms with van der Waals surface area (Å²) in [5, 5.41) is 3.14. The average Bonchev–Trinajstić information content (AvgIpc) is 2.29. The van der Waals surface area contributed by atoms with Crippen LogP contribution in [0, 0.1) is 6.92 Å². The molecule has 0 saturated carbocycles. The van der Waals surface area contributed by atoms with Gasteiger partial charge in [0.05, 0.1) is 19.3 Å². The lowest BCUT2D eigenvalue weighted by Gasteiger charge is -2.29. The molecule has 15 heavy (non-hydrogen) atoms. The van der Waals surface area contributed by atoms with Crippen LogP contribution in [-0.4, -0.2) is 26.3 Å². The van der Waals surface area contributed by atoms with Gasteiger partial charge in [-0.3, -0.25) is 0 Å². The lowest BCUT2D eigenvalue weighted by Crippen LogP contribution is -2.40. The van der Waals surface area contributed by atoms with Crippen LogP contribution in [0.4, 0.5) is 0 Å². The van der Waals surface area contributed by atoms with E-state index in [1.807, 2.05) is 19.2 Å². The molecule has 1 fully saturated rings. The summed E-state index contributed by atoms with van der Waals surface area (Å²) < 4.78 is 11.3. The van der Waals surface area contributed by atoms with Crippen molar-refractivity contribution in [3.63, 3.8) is 0 Å². The molecule has 3 heteroatoms. The molecule has 1 aliphatic heterocycles. The summed E-state index contributed by atoms with van der Waals surface area (Å²) in [6, 6.07) is 8.55. The first-order valence-corrected chi connectivity index (χ1v) is 5.26. The Morgan fingerprint density at radius 3 is 2.60 bits per heavy atom. The van der Waals surface area contributed by atoms with Crippen molar-refractivity contribution < 1.29 is 9.47 Å². The van der Waals surface area contributed by atoms with Crippen LogP contribution >= 0.6 is 0 Å². The highest BCUT2D eigenvalue weighted by Gasteiger charge is 2.22. The van der Waals surface area contributed by atoms with Gasteiger partial charge in [-0.1, -0.05) is 29.8 Å². The molecule has 0 aromatic heterocycles. The molecule has 1 N–H and O–H groups in total. The molecule has 1 aromatic carbocycles. The van der Waals surface area contributed by atoms with Gasteiger partial charge < -0.3 is 14.8 Å². The van der Waals surface area contributed by atoms with Crippen molar-refractivity contribution in [3.05, 3.63) is 35.4 Å². The van der Waals surface area contributed by atoms with Gasteiger partial charge in [0.1, 0.15) is 0 Å². The maximum absolute atomic E-state index is 5.64. The number of nitrogens with one attached hydrogen (secondary N) is 1. The van der Waals surface area contributed by atoms with E-state index in [1.54, 1.807) is 0 Å². The summed E-state index contributed by atoms with van der Waals surface area (Å²) in [4.78, 5) is 0. The molecule has 82 valence electrons. The number of aryl methyl sites for hydroxylation is 1. The standard InChI is InChI=1S/C12H17NO2/c1-9-4-3-5-10(6-9)12-14-7-11(13-2)8-15-12/h3-6,11-13H,7-8H2,1-2H3. The van der Waals surface area contributed by atoms with Crippen LogP contribution in [0.5, 0.6) is 0 Å². The van der Waals surface area contributed by atoms with Crippen molar-refractivity contribution in [1.29, 1.82) is 0 Å². The number of benzene rings is 1. The molecule has 3 nitrogen and oxygen atoms in total. The minimum absolute atomic E-state index is 0.200. The number of likely N-dealkylation sites (N-methyl/N-ethyl adjacent to an activating group) is 1. The summed E-state index contributed by atoms with van der Waals surface area (Å²) in [5.41, 5.74) is 2.33. The van der Waals surface area contributed by atoms with E-state index in [9.17, 15) is 0 Å². The van der Waals surface area contributed by atoms with Gasteiger partial charge in [-0.05, 0) is 14.0 Å². The van der Waals surface area contributed by atoms with Gasteiger partial charge in [-0.2, -0.15) is 0 Å². The Balaban J connectivity index is 2.01. The summed E-state index contributed by atoms with van der Waals surface area (Å²) in [6.45, 7) is 3.48. The molecule has 0 atom stereocenters. The topological polar surface area (TPSA) is 30.5 Å². The molecule has 1 saturated heterocycles. The van der Waals surface area contributed by atoms with Gasteiger partial charge in [0.2, 0.25) is 0 Å². The van der Waals surface area contributed by atoms with Crippen LogP contribution < -0.4 is 5.32 Å². The van der Waals surface area contributed by atoms with Gasteiger partial charge in [0.15, 0.2) is 6.29 Å². The zero-order valence-corrected chi connectivity index (χ0v) is 9.19. The average molecular weight is 207 g/mol. The van der Waals surface area contributed by atoms with E-state index in [-0.39, 0.29) is 6.29 Å². The predicted molar refractivity (Wildman–Crippen MR) is 58.7 cm³/mol. The smallest absolute Gasteiger partial charge is 0.183 e. The second kappa shape index (κ2) is 4.75. The number of rotatable bonds is 2. The molecule has 2 rings (SSSR count). The molecule has 0 amide bonds. The van der Waals surface area contributed by atoms with Gasteiger partial charge in [-0.15, -0.1) is 0 Å². The molecule has 1 aromatic rings. The van der Waals surface area contributed by atoms with E-state index in [1.165, 1.54) is 5.56 Å². The maximum Gasteiger partial charge on any atom is 0.183 e. The summed E-state index contributed by atoms with van der Waals surface area (Å²) in [6.07, 6.45) is -0.200. The first-order valence-electron chi connectivity index (χ1n) is 5.26. The third kappa shape index (κ3) is 2.56. The third-order valence-electron chi connectivity index (χ3n) is 2.62. The highest BCUT2D eigenvalue weighted by molar-refractivity contribution is 5.23. The fraction of sp³-hybridized carbons (Fsp3) is 0.500. The molecular formula is C12H17NO2. The van der Waals surface area contributed by atoms with E-state index < -0.39 is 0 Å². The predicted octanol–water partition coefficient (Wildman–Crippen LogP) is 1.63. The largest absolute Gasteiger partial charge is 0.347 e. The fourth-order valence-electron chi connectivity index (χ4n) is 1.68. The third-order valence-corrected chi connectivity index (χ3v) is 2.62. The number of hydrogen-bond donors (Lipinski definition) is 1. The molecule has 0 unspecified atom stereocenters. The van der Waals surface area contributed by atoms with E-state index in [0.717, 1.165) is 5.56 Å². The Morgan fingerprint density at radius 1 is 1.27 bits per heavy atom. The van der Waals surface area contributed by atoms with Crippen LogP contribution in [0.3, 0.4) is 0 Å². The van der Waals surface area contributed by atoms with Crippen LogP contribution in [0.25, 0.3) is 0 Å². The summed E-state index contributed by atoms with van der Waals surface area (Å²) >= 11 is 0. The maximum atomic E-state index is 5.64. The Labute approximate surface area is 90.4 Å². The number of hydrogen-bond acceptors (Lipinski definition) is 3. The monoisotopic (exact) mass is 207 g/mol. The molecule has 1 aliphatic rings. The first kappa shape index (κ1) is 10.6. The van der Waals surface area contributed by atoms with Crippen LogP contribution in [0.1, 0.15) is 17.4 Å². The molecule has 0 aliphatic carbocycles. The highest BCUT2D eigenvalue weighted by Crippen LogP contribution is 2.23. The molecule has 0 radical (unpaired) electrons. The summed E-state index contributed by atoms with van der Waals surface area (Å²) in [7, 11) is 1.92. The van der Waals surface area contributed by atoms with Gasteiger partial charge >= 0.3 is 0 Å². The van der Waals surface area contributed by atoms with E-state index in [4.69, 9.17) is 9.47 Å². The van der Waals surface area contributed by atoms with Gasteiger partial charge in [-0.25, -0.2) is 0 Å². The lowest BCUT2D eigenvalue weighted by atomic mass is 10.1. The zero-order valence-electron chi connectivity index (χ0n) is 9.19.